The highest BCUT2D eigenvalue weighted by Crippen LogP contribution is 2.37. The second-order valence-corrected chi connectivity index (χ2v) is 4.55. The quantitative estimate of drug-likeness (QED) is 0.322. The highest BCUT2D eigenvalue weighted by atomic mass is 16.6. The molecular weight excluding hydrogens is 230 g/mol. The van der Waals surface area contributed by atoms with E-state index in [1.807, 2.05) is 30.3 Å². The van der Waals surface area contributed by atoms with Gasteiger partial charge in [-0.25, -0.2) is 0 Å². The first-order chi connectivity index (χ1) is 8.53. The monoisotopic (exact) mass is 247 g/mol. The van der Waals surface area contributed by atoms with E-state index in [4.69, 9.17) is 0 Å². The van der Waals surface area contributed by atoms with E-state index in [1.165, 1.54) is 0 Å². The van der Waals surface area contributed by atoms with Gasteiger partial charge in [0.25, 0.3) is 0 Å². The molecule has 0 fully saturated rings. The molecule has 0 aliphatic carbocycles. The molecule has 1 rings (SSSR count). The van der Waals surface area contributed by atoms with Crippen LogP contribution in [0.2, 0.25) is 0 Å². The Morgan fingerprint density at radius 1 is 1.44 bits per heavy atom. The number of hydrogen-bond donors (Lipinski definition) is 0. The minimum atomic E-state index is -0.795. The molecule has 0 aromatic heterocycles. The number of nitro groups is 1. The van der Waals surface area contributed by atoms with Crippen molar-refractivity contribution in [3.63, 3.8) is 0 Å². The second kappa shape index (κ2) is 6.10. The summed E-state index contributed by atoms with van der Waals surface area (Å²) in [5, 5.41) is 10.5. The van der Waals surface area contributed by atoms with E-state index < -0.39 is 10.3 Å². The number of allylic oxidation sites excluding steroid dienone is 1. The molecule has 1 aromatic carbocycles. The first kappa shape index (κ1) is 14.1. The van der Waals surface area contributed by atoms with Crippen molar-refractivity contribution in [2.24, 2.45) is 5.41 Å². The van der Waals surface area contributed by atoms with Gasteiger partial charge < -0.3 is 4.79 Å². The average molecular weight is 247 g/mol. The van der Waals surface area contributed by atoms with Crippen LogP contribution in [0.1, 0.15) is 24.8 Å². The molecule has 0 radical (unpaired) electrons. The number of aldehydes is 1. The minimum absolute atomic E-state index is 0.203. The zero-order valence-corrected chi connectivity index (χ0v) is 10.4. The van der Waals surface area contributed by atoms with E-state index in [1.54, 1.807) is 13.0 Å². The number of carbonyl (C=O) groups is 1. The Balaban J connectivity index is 2.99. The van der Waals surface area contributed by atoms with Gasteiger partial charge >= 0.3 is 0 Å². The van der Waals surface area contributed by atoms with Crippen molar-refractivity contribution in [1.82, 2.24) is 0 Å². The van der Waals surface area contributed by atoms with Crippen molar-refractivity contribution in [3.05, 3.63) is 58.7 Å². The third-order valence-electron chi connectivity index (χ3n) is 3.21. The Morgan fingerprint density at radius 2 is 2.06 bits per heavy atom. The van der Waals surface area contributed by atoms with Crippen LogP contribution in [-0.4, -0.2) is 17.8 Å². The van der Waals surface area contributed by atoms with E-state index in [0.717, 1.165) is 11.8 Å². The van der Waals surface area contributed by atoms with E-state index in [9.17, 15) is 14.9 Å². The highest BCUT2D eigenvalue weighted by Gasteiger charge is 2.34. The van der Waals surface area contributed by atoms with Gasteiger partial charge in [0.15, 0.2) is 0 Å². The lowest BCUT2D eigenvalue weighted by Gasteiger charge is -2.29. The number of hydrogen-bond acceptors (Lipinski definition) is 3. The van der Waals surface area contributed by atoms with Crippen LogP contribution in [-0.2, 0) is 4.79 Å². The van der Waals surface area contributed by atoms with Crippen molar-refractivity contribution in [1.29, 1.82) is 0 Å². The van der Waals surface area contributed by atoms with Crippen LogP contribution < -0.4 is 0 Å². The maximum atomic E-state index is 11.3. The van der Waals surface area contributed by atoms with Gasteiger partial charge in [0.05, 0.1) is 0 Å². The van der Waals surface area contributed by atoms with Gasteiger partial charge in [-0.05, 0) is 5.56 Å². The first-order valence-corrected chi connectivity index (χ1v) is 5.79. The molecule has 0 saturated heterocycles. The lowest BCUT2D eigenvalue weighted by molar-refractivity contribution is -0.482. The third-order valence-corrected chi connectivity index (χ3v) is 3.21. The zero-order valence-electron chi connectivity index (χ0n) is 10.4. The van der Waals surface area contributed by atoms with Crippen molar-refractivity contribution in [2.75, 3.05) is 6.54 Å². The SMILES string of the molecule is C=C[C@H](c1ccccc1)[C@@](C)(C=O)CC[N+](=O)[O-]. The topological polar surface area (TPSA) is 60.2 Å². The first-order valence-electron chi connectivity index (χ1n) is 5.79. The summed E-state index contributed by atoms with van der Waals surface area (Å²) >= 11 is 0. The molecule has 0 aliphatic rings. The van der Waals surface area contributed by atoms with Crippen molar-refractivity contribution < 1.29 is 9.72 Å². The van der Waals surface area contributed by atoms with E-state index >= 15 is 0 Å². The number of nitrogens with zero attached hydrogens (tertiary/aromatic N) is 1. The van der Waals surface area contributed by atoms with Gasteiger partial charge in [0, 0.05) is 22.7 Å². The molecule has 0 bridgehead atoms. The van der Waals surface area contributed by atoms with E-state index in [2.05, 4.69) is 6.58 Å². The van der Waals surface area contributed by atoms with Crippen molar-refractivity contribution in [2.45, 2.75) is 19.3 Å². The molecule has 0 spiro atoms. The molecule has 0 amide bonds. The molecule has 96 valence electrons. The predicted octanol–water partition coefficient (Wildman–Crippen LogP) is 2.83. The molecule has 0 saturated carbocycles. The minimum Gasteiger partial charge on any atom is -0.303 e. The largest absolute Gasteiger partial charge is 0.303 e. The van der Waals surface area contributed by atoms with Gasteiger partial charge in [0.2, 0.25) is 6.54 Å². The Kier molecular flexibility index (Phi) is 4.77. The molecule has 1 aromatic rings. The van der Waals surface area contributed by atoms with Crippen LogP contribution in [0.5, 0.6) is 0 Å². The molecule has 18 heavy (non-hydrogen) atoms. The fourth-order valence-corrected chi connectivity index (χ4v) is 2.07. The van der Waals surface area contributed by atoms with Crippen molar-refractivity contribution in [3.8, 4) is 0 Å². The molecule has 4 nitrogen and oxygen atoms in total. The number of rotatable bonds is 7. The van der Waals surface area contributed by atoms with Crippen LogP contribution in [0.4, 0.5) is 0 Å². The average Bonchev–Trinajstić information content (AvgIpc) is 2.38. The molecule has 0 aliphatic heterocycles. The van der Waals surface area contributed by atoms with Crippen LogP contribution >= 0.6 is 0 Å². The van der Waals surface area contributed by atoms with Gasteiger partial charge in [-0.15, -0.1) is 6.58 Å². The van der Waals surface area contributed by atoms with E-state index in [-0.39, 0.29) is 18.9 Å². The Hall–Kier alpha value is -1.97. The Morgan fingerprint density at radius 3 is 2.50 bits per heavy atom. The summed E-state index contributed by atoms with van der Waals surface area (Å²) in [5.74, 6) is -0.212. The third kappa shape index (κ3) is 3.26. The standard InChI is InChI=1S/C14H17NO3/c1-3-13(12-7-5-4-6-8-12)14(2,11-16)9-10-15(17)18/h3-8,11,13H,1,9-10H2,2H3/t13-,14-/m1/s1. The molecule has 0 unspecified atom stereocenters. The maximum absolute atomic E-state index is 11.3. The normalized spacial score (nSPS) is 15.4. The van der Waals surface area contributed by atoms with Gasteiger partial charge in [0.1, 0.15) is 6.29 Å². The second-order valence-electron chi connectivity index (χ2n) is 4.55. The predicted molar refractivity (Wildman–Crippen MR) is 70.0 cm³/mol. The molecule has 0 heterocycles. The molecule has 2 atom stereocenters. The summed E-state index contributed by atoms with van der Waals surface area (Å²) in [6.45, 7) is 5.27. The van der Waals surface area contributed by atoms with Crippen LogP contribution in [0, 0.1) is 15.5 Å². The lowest BCUT2D eigenvalue weighted by Crippen LogP contribution is -2.29. The molecule has 4 heteroatoms. The summed E-state index contributed by atoms with van der Waals surface area (Å²) in [7, 11) is 0. The Bertz CT molecular complexity index is 430. The number of carbonyl (C=O) groups excluding carboxylic acids is 1. The Labute approximate surface area is 106 Å². The maximum Gasteiger partial charge on any atom is 0.204 e. The summed E-state index contributed by atoms with van der Waals surface area (Å²) < 4.78 is 0. The summed E-state index contributed by atoms with van der Waals surface area (Å²) in [5.41, 5.74) is 0.154. The fraction of sp³-hybridized carbons (Fsp3) is 0.357. The van der Waals surface area contributed by atoms with Gasteiger partial charge in [-0.2, -0.15) is 0 Å². The van der Waals surface area contributed by atoms with Crippen LogP contribution in [0.25, 0.3) is 0 Å². The number of benzene rings is 1. The van der Waals surface area contributed by atoms with Gasteiger partial charge in [-0.3, -0.25) is 10.1 Å². The van der Waals surface area contributed by atoms with Crippen LogP contribution in [0.3, 0.4) is 0 Å². The summed E-state index contributed by atoms with van der Waals surface area (Å²) in [4.78, 5) is 21.4. The van der Waals surface area contributed by atoms with Gasteiger partial charge in [-0.1, -0.05) is 43.3 Å². The lowest BCUT2D eigenvalue weighted by atomic mass is 9.72. The van der Waals surface area contributed by atoms with Crippen molar-refractivity contribution >= 4 is 6.29 Å². The van der Waals surface area contributed by atoms with Crippen LogP contribution in [0.15, 0.2) is 43.0 Å². The molecular formula is C14H17NO3. The highest BCUT2D eigenvalue weighted by molar-refractivity contribution is 5.62. The van der Waals surface area contributed by atoms with E-state index in [0.29, 0.717) is 0 Å². The fourth-order valence-electron chi connectivity index (χ4n) is 2.07. The summed E-state index contributed by atoms with van der Waals surface area (Å²) in [6, 6.07) is 9.45. The summed E-state index contributed by atoms with van der Waals surface area (Å²) in [6.07, 6.45) is 2.69. The smallest absolute Gasteiger partial charge is 0.204 e. The molecule has 0 N–H and O–H groups in total. The zero-order chi connectivity index (χ0) is 13.6.